The van der Waals surface area contributed by atoms with Gasteiger partial charge in [-0.25, -0.2) is 4.79 Å². The molecule has 0 aromatic heterocycles. The summed E-state index contributed by atoms with van der Waals surface area (Å²) < 4.78 is 12.6. The maximum atomic E-state index is 14.3. The van der Waals surface area contributed by atoms with Gasteiger partial charge in [-0.2, -0.15) is 0 Å². The Morgan fingerprint density at radius 2 is 1.82 bits per heavy atom. The predicted octanol–water partition coefficient (Wildman–Crippen LogP) is 4.71. The number of rotatable bonds is 8. The van der Waals surface area contributed by atoms with Gasteiger partial charge in [-0.05, 0) is 70.7 Å². The molecule has 4 atom stereocenters. The van der Waals surface area contributed by atoms with Gasteiger partial charge in [0.1, 0.15) is 5.75 Å². The van der Waals surface area contributed by atoms with Crippen LogP contribution < -0.4 is 15.4 Å². The molecule has 1 aliphatic heterocycles. The van der Waals surface area contributed by atoms with Gasteiger partial charge < -0.3 is 35.0 Å². The number of amides is 4. The SMILES string of the molecule is CC(C)NC(=O)N(C)C[C@@H]1OCCCC[C@H](C)Oc2ccc(NC(=O)Cc3ccccc3)cc2C(=O)N([C@H](C)CO)C[C@@H]1C. The number of benzene rings is 2. The van der Waals surface area contributed by atoms with E-state index in [0.29, 0.717) is 30.2 Å². The topological polar surface area (TPSA) is 120 Å². The number of hydrogen-bond acceptors (Lipinski definition) is 6. The van der Waals surface area contributed by atoms with E-state index in [0.717, 1.165) is 24.8 Å². The molecule has 0 aliphatic carbocycles. The third kappa shape index (κ3) is 10.5. The van der Waals surface area contributed by atoms with Crippen molar-refractivity contribution in [2.45, 2.75) is 84.6 Å². The largest absolute Gasteiger partial charge is 0.490 e. The number of aliphatic hydroxyl groups excluding tert-OH is 1. The highest BCUT2D eigenvalue weighted by Crippen LogP contribution is 2.28. The first-order valence-corrected chi connectivity index (χ1v) is 15.7. The molecule has 0 spiro atoms. The minimum Gasteiger partial charge on any atom is -0.490 e. The van der Waals surface area contributed by atoms with Crippen molar-refractivity contribution in [1.82, 2.24) is 15.1 Å². The molecule has 0 unspecified atom stereocenters. The number of hydrogen-bond donors (Lipinski definition) is 3. The van der Waals surface area contributed by atoms with E-state index in [1.54, 1.807) is 42.0 Å². The summed E-state index contributed by atoms with van der Waals surface area (Å²) in [6.07, 6.45) is 2.17. The number of carbonyl (C=O) groups excluding carboxylic acids is 3. The number of ether oxygens (including phenoxy) is 2. The van der Waals surface area contributed by atoms with Crippen LogP contribution in [0.5, 0.6) is 5.75 Å². The molecule has 242 valence electrons. The predicted molar refractivity (Wildman–Crippen MR) is 172 cm³/mol. The Balaban J connectivity index is 1.91. The number of urea groups is 1. The number of nitrogens with one attached hydrogen (secondary N) is 2. The van der Waals surface area contributed by atoms with Crippen molar-refractivity contribution in [3.63, 3.8) is 0 Å². The molecule has 0 bridgehead atoms. The van der Waals surface area contributed by atoms with Crippen molar-refractivity contribution in [2.75, 3.05) is 38.7 Å². The molecule has 10 nitrogen and oxygen atoms in total. The van der Waals surface area contributed by atoms with Crippen LogP contribution >= 0.6 is 0 Å². The molecule has 10 heteroatoms. The van der Waals surface area contributed by atoms with Crippen LogP contribution in [0.15, 0.2) is 48.5 Å². The molecule has 2 aromatic carbocycles. The summed E-state index contributed by atoms with van der Waals surface area (Å²) in [5.41, 5.74) is 1.68. The molecule has 44 heavy (non-hydrogen) atoms. The van der Waals surface area contributed by atoms with E-state index in [-0.39, 0.29) is 61.6 Å². The second kappa shape index (κ2) is 17.0. The Morgan fingerprint density at radius 1 is 1.09 bits per heavy atom. The average Bonchev–Trinajstić information content (AvgIpc) is 2.98. The fraction of sp³-hybridized carbons (Fsp3) is 0.559. The molecule has 0 fully saturated rings. The summed E-state index contributed by atoms with van der Waals surface area (Å²) in [4.78, 5) is 43.0. The molecule has 1 aliphatic rings. The van der Waals surface area contributed by atoms with Crippen LogP contribution in [-0.4, -0.2) is 90.4 Å². The highest BCUT2D eigenvalue weighted by atomic mass is 16.5. The van der Waals surface area contributed by atoms with Crippen molar-refractivity contribution in [3.8, 4) is 5.75 Å². The second-order valence-electron chi connectivity index (χ2n) is 12.2. The van der Waals surface area contributed by atoms with E-state index in [1.807, 2.05) is 58.0 Å². The molecular formula is C34H50N4O6. The first-order valence-electron chi connectivity index (χ1n) is 15.7. The van der Waals surface area contributed by atoms with Crippen LogP contribution in [0, 0.1) is 5.92 Å². The summed E-state index contributed by atoms with van der Waals surface area (Å²) in [6.45, 7) is 10.5. The first kappa shape index (κ1) is 34.9. The lowest BCUT2D eigenvalue weighted by atomic mass is 10.0. The van der Waals surface area contributed by atoms with Crippen LogP contribution in [0.4, 0.5) is 10.5 Å². The van der Waals surface area contributed by atoms with Crippen LogP contribution in [-0.2, 0) is 16.0 Å². The van der Waals surface area contributed by atoms with Crippen molar-refractivity contribution in [3.05, 3.63) is 59.7 Å². The maximum absolute atomic E-state index is 14.3. The van der Waals surface area contributed by atoms with Gasteiger partial charge in [0, 0.05) is 44.4 Å². The molecule has 3 N–H and O–H groups in total. The quantitative estimate of drug-likeness (QED) is 0.398. The molecule has 0 saturated carbocycles. The normalized spacial score (nSPS) is 20.6. The van der Waals surface area contributed by atoms with Crippen molar-refractivity contribution in [2.24, 2.45) is 5.92 Å². The maximum Gasteiger partial charge on any atom is 0.317 e. The molecule has 4 amide bonds. The summed E-state index contributed by atoms with van der Waals surface area (Å²) in [5, 5.41) is 16.0. The lowest BCUT2D eigenvalue weighted by Gasteiger charge is -2.36. The van der Waals surface area contributed by atoms with E-state index in [1.165, 1.54) is 0 Å². The average molecular weight is 611 g/mol. The summed E-state index contributed by atoms with van der Waals surface area (Å²) in [7, 11) is 1.74. The zero-order chi connectivity index (χ0) is 32.2. The van der Waals surface area contributed by atoms with Gasteiger partial charge in [-0.3, -0.25) is 9.59 Å². The highest BCUT2D eigenvalue weighted by Gasteiger charge is 2.31. The number of likely N-dealkylation sites (N-methyl/N-ethyl adjacent to an activating group) is 1. The van der Waals surface area contributed by atoms with Gasteiger partial charge in [0.2, 0.25) is 5.91 Å². The van der Waals surface area contributed by atoms with Gasteiger partial charge in [-0.15, -0.1) is 0 Å². The lowest BCUT2D eigenvalue weighted by Crippen LogP contribution is -2.49. The monoisotopic (exact) mass is 610 g/mol. The minimum atomic E-state index is -0.498. The van der Waals surface area contributed by atoms with E-state index in [9.17, 15) is 19.5 Å². The number of anilines is 1. The van der Waals surface area contributed by atoms with Gasteiger partial charge in [0.25, 0.3) is 5.91 Å². The van der Waals surface area contributed by atoms with Gasteiger partial charge >= 0.3 is 6.03 Å². The van der Waals surface area contributed by atoms with E-state index < -0.39 is 6.04 Å². The fourth-order valence-electron chi connectivity index (χ4n) is 5.16. The second-order valence-corrected chi connectivity index (χ2v) is 12.2. The zero-order valence-corrected chi connectivity index (χ0v) is 27.0. The van der Waals surface area contributed by atoms with E-state index in [4.69, 9.17) is 9.47 Å². The minimum absolute atomic E-state index is 0.00286. The fourth-order valence-corrected chi connectivity index (χ4v) is 5.16. The molecule has 0 radical (unpaired) electrons. The summed E-state index contributed by atoms with van der Waals surface area (Å²) in [6, 6.07) is 13.9. The van der Waals surface area contributed by atoms with Crippen molar-refractivity contribution in [1.29, 1.82) is 0 Å². The Bertz CT molecular complexity index is 1220. The molecule has 1 heterocycles. The summed E-state index contributed by atoms with van der Waals surface area (Å²) >= 11 is 0. The molecular weight excluding hydrogens is 560 g/mol. The Labute approximate surface area is 262 Å². The third-order valence-corrected chi connectivity index (χ3v) is 7.76. The van der Waals surface area contributed by atoms with E-state index >= 15 is 0 Å². The standard InChI is InChI=1S/C34H50N4O6/c1-23(2)35-34(42)37(6)21-31-24(3)20-38(25(4)22-39)33(41)29-19-28(36-32(40)18-27-13-8-7-9-14-27)15-16-30(29)44-26(5)12-10-11-17-43-31/h7-9,13-16,19,23-26,31,39H,10-12,17-18,20-22H2,1-6H3,(H,35,42)(H,36,40)/t24-,25+,26-,31-/m0/s1. The first-order chi connectivity index (χ1) is 21.0. The molecule has 3 rings (SSSR count). The van der Waals surface area contributed by atoms with Crippen LogP contribution in [0.25, 0.3) is 0 Å². The highest BCUT2D eigenvalue weighted by molar-refractivity contribution is 6.00. The number of aliphatic hydroxyl groups is 1. The number of carbonyl (C=O) groups is 3. The molecule has 0 saturated heterocycles. The smallest absolute Gasteiger partial charge is 0.317 e. The third-order valence-electron chi connectivity index (χ3n) is 7.76. The molecule has 2 aromatic rings. The van der Waals surface area contributed by atoms with Crippen molar-refractivity contribution >= 4 is 23.5 Å². The van der Waals surface area contributed by atoms with E-state index in [2.05, 4.69) is 10.6 Å². The zero-order valence-electron chi connectivity index (χ0n) is 27.0. The summed E-state index contributed by atoms with van der Waals surface area (Å²) in [5.74, 6) is -0.247. The number of nitrogens with zero attached hydrogens (tertiary/aromatic N) is 2. The Kier molecular flexibility index (Phi) is 13.5. The van der Waals surface area contributed by atoms with Crippen LogP contribution in [0.2, 0.25) is 0 Å². The Morgan fingerprint density at radius 3 is 2.50 bits per heavy atom. The van der Waals surface area contributed by atoms with Crippen LogP contribution in [0.1, 0.15) is 69.8 Å². The number of fused-ring (bicyclic) bond motifs is 1. The lowest BCUT2D eigenvalue weighted by molar-refractivity contribution is -0.115. The van der Waals surface area contributed by atoms with Crippen molar-refractivity contribution < 1.29 is 29.0 Å². The van der Waals surface area contributed by atoms with Crippen LogP contribution in [0.3, 0.4) is 0 Å². The van der Waals surface area contributed by atoms with Gasteiger partial charge in [-0.1, -0.05) is 37.3 Å². The Hall–Kier alpha value is -3.63. The van der Waals surface area contributed by atoms with Gasteiger partial charge in [0.15, 0.2) is 0 Å². The van der Waals surface area contributed by atoms with Gasteiger partial charge in [0.05, 0.1) is 36.8 Å².